The molecule has 0 aliphatic heterocycles. The summed E-state index contributed by atoms with van der Waals surface area (Å²) in [5.41, 5.74) is 2.02. The minimum absolute atomic E-state index is 0.336. The number of ether oxygens (including phenoxy) is 2. The van der Waals surface area contributed by atoms with Gasteiger partial charge in [0, 0.05) is 12.1 Å². The van der Waals surface area contributed by atoms with Crippen LogP contribution in [-0.2, 0) is 12.3 Å². The van der Waals surface area contributed by atoms with Crippen molar-refractivity contribution in [2.24, 2.45) is 0 Å². The summed E-state index contributed by atoms with van der Waals surface area (Å²) in [5.74, 6) is 1.94. The molecule has 0 unspecified atom stereocenters. The molecule has 0 bridgehead atoms. The Labute approximate surface area is 128 Å². The Morgan fingerprint density at radius 2 is 1.95 bits per heavy atom. The largest absolute Gasteiger partial charge is 0.493 e. The maximum absolute atomic E-state index is 6.13. The number of halogens is 2. The van der Waals surface area contributed by atoms with Crippen LogP contribution >= 0.6 is 23.2 Å². The summed E-state index contributed by atoms with van der Waals surface area (Å²) >= 11 is 11.9. The molecule has 1 aromatic carbocycles. The van der Waals surface area contributed by atoms with Crippen molar-refractivity contribution < 1.29 is 9.47 Å². The van der Waals surface area contributed by atoms with E-state index < -0.39 is 0 Å². The second kappa shape index (κ2) is 6.82. The predicted octanol–water partition coefficient (Wildman–Crippen LogP) is 4.84. The van der Waals surface area contributed by atoms with Crippen LogP contribution in [0.25, 0.3) is 0 Å². The minimum atomic E-state index is 0.336. The molecule has 0 saturated carbocycles. The van der Waals surface area contributed by atoms with Crippen LogP contribution in [0.4, 0.5) is 0 Å². The van der Waals surface area contributed by atoms with Gasteiger partial charge in [0.15, 0.2) is 11.5 Å². The highest BCUT2D eigenvalue weighted by atomic mass is 35.5. The molecule has 0 N–H and O–H groups in total. The van der Waals surface area contributed by atoms with Crippen LogP contribution in [0.3, 0.4) is 0 Å². The zero-order valence-corrected chi connectivity index (χ0v) is 12.8. The first-order chi connectivity index (χ1) is 9.67. The fourth-order valence-corrected chi connectivity index (χ4v) is 2.11. The van der Waals surface area contributed by atoms with Crippen LogP contribution in [0.2, 0.25) is 5.02 Å². The first-order valence-electron chi connectivity index (χ1n) is 6.23. The van der Waals surface area contributed by atoms with Crippen LogP contribution in [0, 0.1) is 0 Å². The number of nitrogens with zero attached hydrogens (tertiary/aromatic N) is 1. The number of pyridine rings is 1. The predicted molar refractivity (Wildman–Crippen MR) is 81.3 cm³/mol. The third kappa shape index (κ3) is 3.35. The first-order valence-corrected chi connectivity index (χ1v) is 7.14. The lowest BCUT2D eigenvalue weighted by molar-refractivity contribution is 0.373. The van der Waals surface area contributed by atoms with Gasteiger partial charge in [-0.3, -0.25) is 0 Å². The van der Waals surface area contributed by atoms with Crippen molar-refractivity contribution in [1.82, 2.24) is 4.98 Å². The first kappa shape index (κ1) is 14.9. The van der Waals surface area contributed by atoms with Crippen molar-refractivity contribution in [1.29, 1.82) is 0 Å². The van der Waals surface area contributed by atoms with Crippen LogP contribution in [0.5, 0.6) is 17.4 Å². The fraction of sp³-hybridized carbons (Fsp3) is 0.267. The van der Waals surface area contributed by atoms with E-state index >= 15 is 0 Å². The highest BCUT2D eigenvalue weighted by Crippen LogP contribution is 2.34. The fourth-order valence-electron chi connectivity index (χ4n) is 1.73. The number of rotatable bonds is 5. The molecular weight excluding hydrogens is 297 g/mol. The average Bonchev–Trinajstić information content (AvgIpc) is 2.49. The van der Waals surface area contributed by atoms with Gasteiger partial charge in [0.25, 0.3) is 0 Å². The van der Waals surface area contributed by atoms with Gasteiger partial charge in [-0.1, -0.05) is 24.6 Å². The summed E-state index contributed by atoms with van der Waals surface area (Å²) in [4.78, 5) is 4.17. The maximum Gasteiger partial charge on any atom is 0.238 e. The molecule has 2 rings (SSSR count). The lowest BCUT2D eigenvalue weighted by Gasteiger charge is -2.12. The van der Waals surface area contributed by atoms with E-state index in [1.54, 1.807) is 19.4 Å². The molecule has 5 heteroatoms. The van der Waals surface area contributed by atoms with Gasteiger partial charge in [0.1, 0.15) is 5.02 Å². The summed E-state index contributed by atoms with van der Waals surface area (Å²) < 4.78 is 11.0. The van der Waals surface area contributed by atoms with Gasteiger partial charge in [-0.15, -0.1) is 11.6 Å². The number of aromatic nitrogens is 1. The molecule has 106 valence electrons. The number of benzene rings is 1. The van der Waals surface area contributed by atoms with E-state index in [2.05, 4.69) is 11.9 Å². The minimum Gasteiger partial charge on any atom is -0.493 e. The van der Waals surface area contributed by atoms with Crippen molar-refractivity contribution in [2.75, 3.05) is 7.11 Å². The number of alkyl halides is 1. The monoisotopic (exact) mass is 311 g/mol. The lowest BCUT2D eigenvalue weighted by atomic mass is 10.1. The summed E-state index contributed by atoms with van der Waals surface area (Å²) in [5, 5.41) is 0.421. The molecule has 0 saturated heterocycles. The number of hydrogen-bond donors (Lipinski definition) is 0. The summed E-state index contributed by atoms with van der Waals surface area (Å²) in [7, 11) is 1.60. The number of aryl methyl sites for hydroxylation is 1. The van der Waals surface area contributed by atoms with E-state index in [9.17, 15) is 0 Å². The van der Waals surface area contributed by atoms with E-state index in [4.69, 9.17) is 32.7 Å². The maximum atomic E-state index is 6.13. The number of hydrogen-bond acceptors (Lipinski definition) is 3. The van der Waals surface area contributed by atoms with Crippen LogP contribution in [0.15, 0.2) is 30.5 Å². The standard InChI is InChI=1S/C15H15Cl2NO2/c1-3-10-4-5-13(14(7-10)19-2)20-15-12(17)6-11(8-16)9-18-15/h4-7,9H,3,8H2,1-2H3. The van der Waals surface area contributed by atoms with E-state index in [1.807, 2.05) is 18.2 Å². The van der Waals surface area contributed by atoms with Crippen molar-refractivity contribution in [3.63, 3.8) is 0 Å². The van der Waals surface area contributed by atoms with Gasteiger partial charge >= 0.3 is 0 Å². The molecule has 20 heavy (non-hydrogen) atoms. The van der Waals surface area contributed by atoms with Gasteiger partial charge in [0.2, 0.25) is 5.88 Å². The molecule has 0 amide bonds. The van der Waals surface area contributed by atoms with Crippen LogP contribution in [-0.4, -0.2) is 12.1 Å². The van der Waals surface area contributed by atoms with Gasteiger partial charge in [-0.05, 0) is 35.7 Å². The quantitative estimate of drug-likeness (QED) is 0.741. The highest BCUT2D eigenvalue weighted by Gasteiger charge is 2.10. The molecule has 0 fully saturated rings. The van der Waals surface area contributed by atoms with Gasteiger partial charge < -0.3 is 9.47 Å². The molecule has 3 nitrogen and oxygen atoms in total. The normalized spacial score (nSPS) is 10.4. The van der Waals surface area contributed by atoms with Gasteiger partial charge in [-0.25, -0.2) is 4.98 Å². The smallest absolute Gasteiger partial charge is 0.238 e. The van der Waals surface area contributed by atoms with Crippen molar-refractivity contribution in [2.45, 2.75) is 19.2 Å². The average molecular weight is 312 g/mol. The molecule has 0 aliphatic rings. The molecule has 0 radical (unpaired) electrons. The van der Waals surface area contributed by atoms with Crippen molar-refractivity contribution in [3.05, 3.63) is 46.6 Å². The molecule has 1 heterocycles. The SMILES string of the molecule is CCc1ccc(Oc2ncc(CCl)cc2Cl)c(OC)c1. The zero-order chi connectivity index (χ0) is 14.5. The summed E-state index contributed by atoms with van der Waals surface area (Å²) in [6.07, 6.45) is 2.57. The van der Waals surface area contributed by atoms with Crippen LogP contribution < -0.4 is 9.47 Å². The molecule has 0 spiro atoms. The Kier molecular flexibility index (Phi) is 5.10. The van der Waals surface area contributed by atoms with Gasteiger partial charge in [0.05, 0.1) is 7.11 Å². The number of methoxy groups -OCH3 is 1. The lowest BCUT2D eigenvalue weighted by Crippen LogP contribution is -1.95. The third-order valence-electron chi connectivity index (χ3n) is 2.86. The molecule has 1 aromatic heterocycles. The van der Waals surface area contributed by atoms with E-state index in [-0.39, 0.29) is 0 Å². The van der Waals surface area contributed by atoms with E-state index in [1.165, 1.54) is 5.56 Å². The highest BCUT2D eigenvalue weighted by molar-refractivity contribution is 6.32. The van der Waals surface area contributed by atoms with Crippen LogP contribution in [0.1, 0.15) is 18.1 Å². The molecule has 2 aromatic rings. The van der Waals surface area contributed by atoms with Gasteiger partial charge in [-0.2, -0.15) is 0 Å². The summed E-state index contributed by atoms with van der Waals surface area (Å²) in [6.45, 7) is 2.08. The van der Waals surface area contributed by atoms with Crippen molar-refractivity contribution in [3.8, 4) is 17.4 Å². The zero-order valence-electron chi connectivity index (χ0n) is 11.3. The third-order valence-corrected chi connectivity index (χ3v) is 3.44. The van der Waals surface area contributed by atoms with Crippen molar-refractivity contribution >= 4 is 23.2 Å². The molecule has 0 aliphatic carbocycles. The molecular formula is C15H15Cl2NO2. The Bertz CT molecular complexity index is 602. The van der Waals surface area contributed by atoms with E-state index in [0.717, 1.165) is 12.0 Å². The topological polar surface area (TPSA) is 31.4 Å². The van der Waals surface area contributed by atoms with E-state index in [0.29, 0.717) is 28.3 Å². The Hall–Kier alpha value is -1.45. The Morgan fingerprint density at radius 1 is 1.15 bits per heavy atom. The summed E-state index contributed by atoms with van der Waals surface area (Å²) in [6, 6.07) is 7.52. The second-order valence-electron chi connectivity index (χ2n) is 4.20. The Balaban J connectivity index is 2.29. The second-order valence-corrected chi connectivity index (χ2v) is 4.88. The molecule has 0 atom stereocenters. The Morgan fingerprint density at radius 3 is 2.55 bits per heavy atom.